The van der Waals surface area contributed by atoms with Gasteiger partial charge in [0.25, 0.3) is 5.91 Å². The SMILES string of the molecule is CC(C)c1c(C(=O)N2CCCNCC2)cnn1-c1ccc(F)cc1. The number of hydrogen-bond acceptors (Lipinski definition) is 3. The zero-order valence-electron chi connectivity index (χ0n) is 14.1. The molecule has 0 aliphatic carbocycles. The first-order chi connectivity index (χ1) is 11.6. The van der Waals surface area contributed by atoms with Crippen LogP contribution >= 0.6 is 0 Å². The summed E-state index contributed by atoms with van der Waals surface area (Å²) in [5.41, 5.74) is 2.26. The van der Waals surface area contributed by atoms with Crippen LogP contribution in [0, 0.1) is 5.82 Å². The van der Waals surface area contributed by atoms with E-state index in [1.54, 1.807) is 23.0 Å². The van der Waals surface area contributed by atoms with Crippen molar-refractivity contribution < 1.29 is 9.18 Å². The van der Waals surface area contributed by atoms with E-state index in [4.69, 9.17) is 0 Å². The molecular weight excluding hydrogens is 307 g/mol. The van der Waals surface area contributed by atoms with Crippen molar-refractivity contribution in [3.05, 3.63) is 47.5 Å². The Bertz CT molecular complexity index is 700. The third-order valence-electron chi connectivity index (χ3n) is 4.28. The first-order valence-electron chi connectivity index (χ1n) is 8.42. The van der Waals surface area contributed by atoms with Crippen LogP contribution in [-0.4, -0.2) is 46.8 Å². The molecule has 0 atom stereocenters. The van der Waals surface area contributed by atoms with Crippen molar-refractivity contribution in [2.45, 2.75) is 26.2 Å². The van der Waals surface area contributed by atoms with E-state index in [1.807, 2.05) is 18.7 Å². The minimum atomic E-state index is -0.287. The summed E-state index contributed by atoms with van der Waals surface area (Å²) in [5, 5.41) is 7.71. The van der Waals surface area contributed by atoms with Crippen molar-refractivity contribution in [2.24, 2.45) is 0 Å². The number of benzene rings is 1. The van der Waals surface area contributed by atoms with Crippen molar-refractivity contribution in [1.29, 1.82) is 0 Å². The lowest BCUT2D eigenvalue weighted by atomic mass is 10.0. The number of rotatable bonds is 3. The van der Waals surface area contributed by atoms with Crippen LogP contribution in [-0.2, 0) is 0 Å². The van der Waals surface area contributed by atoms with Gasteiger partial charge >= 0.3 is 0 Å². The summed E-state index contributed by atoms with van der Waals surface area (Å²) in [6.45, 7) is 7.29. The van der Waals surface area contributed by atoms with Crippen molar-refractivity contribution >= 4 is 5.91 Å². The molecule has 1 fully saturated rings. The Morgan fingerprint density at radius 2 is 1.96 bits per heavy atom. The second-order valence-corrected chi connectivity index (χ2v) is 6.38. The molecule has 1 aromatic heterocycles. The van der Waals surface area contributed by atoms with Crippen LogP contribution in [0.5, 0.6) is 0 Å². The lowest BCUT2D eigenvalue weighted by Crippen LogP contribution is -2.34. The summed E-state index contributed by atoms with van der Waals surface area (Å²) >= 11 is 0. The topological polar surface area (TPSA) is 50.2 Å². The van der Waals surface area contributed by atoms with Crippen LogP contribution in [0.1, 0.15) is 42.2 Å². The molecule has 0 bridgehead atoms. The number of nitrogens with zero attached hydrogens (tertiary/aromatic N) is 3. The molecule has 128 valence electrons. The summed E-state index contributed by atoms with van der Waals surface area (Å²) in [6.07, 6.45) is 2.59. The highest BCUT2D eigenvalue weighted by Crippen LogP contribution is 2.24. The van der Waals surface area contributed by atoms with Gasteiger partial charge in [0.15, 0.2) is 0 Å². The Labute approximate surface area is 141 Å². The fourth-order valence-corrected chi connectivity index (χ4v) is 3.09. The van der Waals surface area contributed by atoms with Crippen molar-refractivity contribution in [3.63, 3.8) is 0 Å². The molecule has 2 heterocycles. The van der Waals surface area contributed by atoms with Gasteiger partial charge in [0.2, 0.25) is 0 Å². The highest BCUT2D eigenvalue weighted by molar-refractivity contribution is 5.95. The molecule has 5 nitrogen and oxygen atoms in total. The number of carbonyl (C=O) groups excluding carboxylic acids is 1. The van der Waals surface area contributed by atoms with Gasteiger partial charge in [-0.1, -0.05) is 13.8 Å². The van der Waals surface area contributed by atoms with Gasteiger partial charge in [-0.25, -0.2) is 9.07 Å². The minimum Gasteiger partial charge on any atom is -0.337 e. The van der Waals surface area contributed by atoms with Crippen LogP contribution in [0.4, 0.5) is 4.39 Å². The highest BCUT2D eigenvalue weighted by atomic mass is 19.1. The number of aromatic nitrogens is 2. The van der Waals surface area contributed by atoms with Crippen LogP contribution in [0.15, 0.2) is 30.5 Å². The third-order valence-corrected chi connectivity index (χ3v) is 4.28. The summed E-state index contributed by atoms with van der Waals surface area (Å²) in [7, 11) is 0. The largest absolute Gasteiger partial charge is 0.337 e. The molecule has 24 heavy (non-hydrogen) atoms. The zero-order valence-corrected chi connectivity index (χ0v) is 14.1. The number of hydrogen-bond donors (Lipinski definition) is 1. The molecule has 0 saturated carbocycles. The average molecular weight is 330 g/mol. The van der Waals surface area contributed by atoms with E-state index in [0.717, 1.165) is 37.4 Å². The predicted molar refractivity (Wildman–Crippen MR) is 91.0 cm³/mol. The Morgan fingerprint density at radius 1 is 1.21 bits per heavy atom. The Kier molecular flexibility index (Phi) is 4.94. The van der Waals surface area contributed by atoms with Crippen molar-refractivity contribution in [3.8, 4) is 5.69 Å². The van der Waals surface area contributed by atoms with Gasteiger partial charge in [-0.05, 0) is 43.1 Å². The predicted octanol–water partition coefficient (Wildman–Crippen LogP) is 2.57. The van der Waals surface area contributed by atoms with E-state index in [1.165, 1.54) is 12.1 Å². The number of nitrogens with one attached hydrogen (secondary N) is 1. The van der Waals surface area contributed by atoms with Crippen LogP contribution in [0.2, 0.25) is 0 Å². The first kappa shape index (κ1) is 16.6. The molecule has 1 amide bonds. The van der Waals surface area contributed by atoms with Crippen molar-refractivity contribution in [1.82, 2.24) is 20.0 Å². The van der Waals surface area contributed by atoms with Gasteiger partial charge in [-0.2, -0.15) is 5.10 Å². The molecule has 0 radical (unpaired) electrons. The Morgan fingerprint density at radius 3 is 2.67 bits per heavy atom. The van der Waals surface area contributed by atoms with Gasteiger partial charge in [0.05, 0.1) is 23.1 Å². The monoisotopic (exact) mass is 330 g/mol. The summed E-state index contributed by atoms with van der Waals surface area (Å²) in [4.78, 5) is 14.8. The molecule has 3 rings (SSSR count). The maximum atomic E-state index is 13.2. The first-order valence-corrected chi connectivity index (χ1v) is 8.42. The second kappa shape index (κ2) is 7.13. The molecule has 1 aromatic carbocycles. The van der Waals surface area contributed by atoms with E-state index >= 15 is 0 Å². The molecule has 1 aliphatic heterocycles. The fraction of sp³-hybridized carbons (Fsp3) is 0.444. The smallest absolute Gasteiger partial charge is 0.257 e. The van der Waals surface area contributed by atoms with Crippen LogP contribution < -0.4 is 5.32 Å². The van der Waals surface area contributed by atoms with Gasteiger partial charge in [-0.15, -0.1) is 0 Å². The molecule has 2 aromatic rings. The summed E-state index contributed by atoms with van der Waals surface area (Å²) < 4.78 is 14.9. The second-order valence-electron chi connectivity index (χ2n) is 6.38. The maximum Gasteiger partial charge on any atom is 0.257 e. The van der Waals surface area contributed by atoms with Gasteiger partial charge in [-0.3, -0.25) is 4.79 Å². The molecule has 1 N–H and O–H groups in total. The molecule has 6 heteroatoms. The molecule has 0 spiro atoms. The number of halogens is 1. The Hall–Kier alpha value is -2.21. The lowest BCUT2D eigenvalue weighted by molar-refractivity contribution is 0.0765. The Balaban J connectivity index is 1.96. The van der Waals surface area contributed by atoms with Gasteiger partial charge < -0.3 is 10.2 Å². The van der Waals surface area contributed by atoms with Gasteiger partial charge in [0.1, 0.15) is 5.82 Å². The summed E-state index contributed by atoms with van der Waals surface area (Å²) in [5.74, 6) is -0.136. The molecule has 1 aliphatic rings. The summed E-state index contributed by atoms with van der Waals surface area (Å²) in [6, 6.07) is 6.17. The van der Waals surface area contributed by atoms with E-state index in [2.05, 4.69) is 10.4 Å². The van der Waals surface area contributed by atoms with Crippen molar-refractivity contribution in [2.75, 3.05) is 26.2 Å². The maximum absolute atomic E-state index is 13.2. The fourth-order valence-electron chi connectivity index (χ4n) is 3.09. The van der Waals surface area contributed by atoms with E-state index in [0.29, 0.717) is 12.1 Å². The highest BCUT2D eigenvalue weighted by Gasteiger charge is 2.25. The van der Waals surface area contributed by atoms with Crippen LogP contribution in [0.3, 0.4) is 0 Å². The molecular formula is C18H23FN4O. The molecule has 1 saturated heterocycles. The average Bonchev–Trinajstić information content (AvgIpc) is 2.83. The van der Waals surface area contributed by atoms with Crippen LogP contribution in [0.25, 0.3) is 5.69 Å². The number of carbonyl (C=O) groups is 1. The standard InChI is InChI=1S/C18H23FN4O/c1-13(2)17-16(18(24)22-10-3-8-20-9-11-22)12-21-23(17)15-6-4-14(19)5-7-15/h4-7,12-13,20H,3,8-11H2,1-2H3. The third kappa shape index (κ3) is 3.33. The zero-order chi connectivity index (χ0) is 17.1. The quantitative estimate of drug-likeness (QED) is 0.941. The van der Waals surface area contributed by atoms with E-state index in [-0.39, 0.29) is 17.6 Å². The minimum absolute atomic E-state index is 0.0239. The van der Waals surface area contributed by atoms with E-state index in [9.17, 15) is 9.18 Å². The number of amides is 1. The van der Waals surface area contributed by atoms with Gasteiger partial charge in [0, 0.05) is 19.6 Å². The lowest BCUT2D eigenvalue weighted by Gasteiger charge is -2.21. The molecule has 0 unspecified atom stereocenters. The van der Waals surface area contributed by atoms with E-state index < -0.39 is 0 Å². The normalized spacial score (nSPS) is 15.6.